The highest BCUT2D eigenvalue weighted by molar-refractivity contribution is 14.0. The third-order valence-corrected chi connectivity index (χ3v) is 3.86. The summed E-state index contributed by atoms with van der Waals surface area (Å²) >= 11 is 1.89. The van der Waals surface area contributed by atoms with Gasteiger partial charge in [0.15, 0.2) is 5.96 Å². The fourth-order valence-corrected chi connectivity index (χ4v) is 3.16. The molecule has 0 bridgehead atoms. The van der Waals surface area contributed by atoms with Crippen molar-refractivity contribution >= 4 is 41.3 Å². The molecule has 1 heterocycles. The number of aliphatic imine (C=N–C) groups is 1. The summed E-state index contributed by atoms with van der Waals surface area (Å²) in [6.07, 6.45) is 3.82. The number of guanidine groups is 1. The molecule has 1 aromatic rings. The highest BCUT2D eigenvalue weighted by atomic mass is 127. The Morgan fingerprint density at radius 2 is 2.29 bits per heavy atom. The molecule has 0 saturated carbocycles. The minimum atomic E-state index is 0. The second kappa shape index (κ2) is 6.58. The van der Waals surface area contributed by atoms with Gasteiger partial charge in [0.05, 0.1) is 6.54 Å². The van der Waals surface area contributed by atoms with Crippen LogP contribution in [0.5, 0.6) is 0 Å². The predicted octanol–water partition coefficient (Wildman–Crippen LogP) is 2.67. The first-order chi connectivity index (χ1) is 7.65. The van der Waals surface area contributed by atoms with Gasteiger partial charge in [-0.05, 0) is 44.7 Å². The van der Waals surface area contributed by atoms with Gasteiger partial charge in [-0.25, -0.2) is 4.99 Å². The zero-order valence-corrected chi connectivity index (χ0v) is 13.5. The highest BCUT2D eigenvalue weighted by Crippen LogP contribution is 2.30. The van der Waals surface area contributed by atoms with Crippen LogP contribution in [0.4, 0.5) is 0 Å². The van der Waals surface area contributed by atoms with Crippen LogP contribution in [0.3, 0.4) is 0 Å². The number of fused-ring (bicyclic) bond motifs is 1. The lowest BCUT2D eigenvalue weighted by molar-refractivity contribution is 0.724. The lowest BCUT2D eigenvalue weighted by Gasteiger charge is -2.07. The molecule has 3 N–H and O–H groups in total. The minimum absolute atomic E-state index is 0. The van der Waals surface area contributed by atoms with Crippen molar-refractivity contribution in [3.05, 3.63) is 21.4 Å². The van der Waals surface area contributed by atoms with Gasteiger partial charge in [0.2, 0.25) is 0 Å². The van der Waals surface area contributed by atoms with Gasteiger partial charge in [0.25, 0.3) is 0 Å². The fourth-order valence-electron chi connectivity index (χ4n) is 1.97. The third kappa shape index (κ3) is 4.13. The number of rotatable bonds is 3. The number of nitrogens with one attached hydrogen (secondary N) is 1. The topological polar surface area (TPSA) is 50.4 Å². The fraction of sp³-hybridized carbons (Fsp3) is 0.583. The van der Waals surface area contributed by atoms with Crippen LogP contribution >= 0.6 is 35.3 Å². The van der Waals surface area contributed by atoms with Crippen molar-refractivity contribution in [2.45, 2.75) is 45.7 Å². The number of hydrogen-bond donors (Lipinski definition) is 2. The Labute approximate surface area is 124 Å². The third-order valence-electron chi connectivity index (χ3n) is 2.64. The van der Waals surface area contributed by atoms with E-state index in [0.29, 0.717) is 18.5 Å². The van der Waals surface area contributed by atoms with E-state index in [1.807, 2.05) is 11.3 Å². The number of thiophene rings is 1. The molecule has 0 unspecified atom stereocenters. The molecule has 2 rings (SSSR count). The maximum absolute atomic E-state index is 5.76. The molecule has 0 radical (unpaired) electrons. The Morgan fingerprint density at radius 3 is 2.94 bits per heavy atom. The maximum atomic E-state index is 5.76. The highest BCUT2D eigenvalue weighted by Gasteiger charge is 2.14. The zero-order valence-electron chi connectivity index (χ0n) is 10.3. The van der Waals surface area contributed by atoms with Crippen LogP contribution in [0, 0.1) is 0 Å². The van der Waals surface area contributed by atoms with Crippen molar-refractivity contribution in [3.63, 3.8) is 0 Å². The van der Waals surface area contributed by atoms with Crippen molar-refractivity contribution in [1.29, 1.82) is 0 Å². The normalized spacial score (nSPS) is 14.6. The van der Waals surface area contributed by atoms with Crippen LogP contribution < -0.4 is 11.1 Å². The molecule has 1 aromatic heterocycles. The summed E-state index contributed by atoms with van der Waals surface area (Å²) in [7, 11) is 0. The van der Waals surface area contributed by atoms with Crippen LogP contribution in [0.15, 0.2) is 11.1 Å². The molecule has 1 aliphatic rings. The van der Waals surface area contributed by atoms with Crippen LogP contribution in [0.25, 0.3) is 0 Å². The van der Waals surface area contributed by atoms with Crippen LogP contribution in [-0.2, 0) is 19.4 Å². The van der Waals surface area contributed by atoms with Gasteiger partial charge in [0.1, 0.15) is 0 Å². The molecular formula is C12H20IN3S. The number of hydrogen-bond acceptors (Lipinski definition) is 2. The lowest BCUT2D eigenvalue weighted by atomic mass is 10.2. The molecule has 0 atom stereocenters. The molecular weight excluding hydrogens is 345 g/mol. The average Bonchev–Trinajstić information content (AvgIpc) is 2.72. The van der Waals surface area contributed by atoms with E-state index in [1.54, 1.807) is 4.88 Å². The number of halogens is 1. The zero-order chi connectivity index (χ0) is 11.5. The first kappa shape index (κ1) is 14.8. The number of nitrogens with zero attached hydrogens (tertiary/aromatic N) is 1. The van der Waals surface area contributed by atoms with E-state index in [1.165, 1.54) is 29.7 Å². The first-order valence-electron chi connectivity index (χ1n) is 5.82. The monoisotopic (exact) mass is 365 g/mol. The Hall–Kier alpha value is -0.300. The summed E-state index contributed by atoms with van der Waals surface area (Å²) < 4.78 is 0. The molecule has 0 saturated heterocycles. The van der Waals surface area contributed by atoms with Crippen molar-refractivity contribution in [3.8, 4) is 0 Å². The smallest absolute Gasteiger partial charge is 0.189 e. The largest absolute Gasteiger partial charge is 0.370 e. The molecule has 17 heavy (non-hydrogen) atoms. The van der Waals surface area contributed by atoms with E-state index in [0.717, 1.165) is 0 Å². The maximum Gasteiger partial charge on any atom is 0.189 e. The Balaban J connectivity index is 0.00000144. The Morgan fingerprint density at radius 1 is 1.53 bits per heavy atom. The summed E-state index contributed by atoms with van der Waals surface area (Å²) in [6, 6.07) is 2.64. The van der Waals surface area contributed by atoms with Crippen molar-refractivity contribution in [1.82, 2.24) is 5.32 Å². The van der Waals surface area contributed by atoms with Gasteiger partial charge in [-0.2, -0.15) is 0 Å². The average molecular weight is 365 g/mol. The molecule has 1 aliphatic carbocycles. The van der Waals surface area contributed by atoms with E-state index in [-0.39, 0.29) is 24.0 Å². The van der Waals surface area contributed by atoms with E-state index < -0.39 is 0 Å². The van der Waals surface area contributed by atoms with Gasteiger partial charge >= 0.3 is 0 Å². The van der Waals surface area contributed by atoms with Crippen molar-refractivity contribution in [2.75, 3.05) is 0 Å². The van der Waals surface area contributed by atoms with Gasteiger partial charge in [-0.1, -0.05) is 0 Å². The van der Waals surface area contributed by atoms with Crippen LogP contribution in [-0.4, -0.2) is 12.0 Å². The summed E-state index contributed by atoms with van der Waals surface area (Å²) in [5.41, 5.74) is 7.29. The van der Waals surface area contributed by atoms with Gasteiger partial charge in [-0.15, -0.1) is 35.3 Å². The van der Waals surface area contributed by atoms with Gasteiger partial charge in [0, 0.05) is 15.8 Å². The van der Waals surface area contributed by atoms with Crippen molar-refractivity contribution < 1.29 is 0 Å². The standard InChI is InChI=1S/C12H19N3S.HI/c1-8(2)15-12(13)14-7-10-6-9-4-3-5-11(9)16-10;/h6,8H,3-5,7H2,1-2H3,(H3,13,14,15);1H. The van der Waals surface area contributed by atoms with E-state index in [4.69, 9.17) is 5.73 Å². The summed E-state index contributed by atoms with van der Waals surface area (Å²) in [5.74, 6) is 0.545. The Kier molecular flexibility index (Phi) is 5.72. The Bertz CT molecular complexity index is 377. The van der Waals surface area contributed by atoms with E-state index >= 15 is 0 Å². The van der Waals surface area contributed by atoms with Gasteiger partial charge in [-0.3, -0.25) is 0 Å². The molecule has 3 nitrogen and oxygen atoms in total. The van der Waals surface area contributed by atoms with Crippen LogP contribution in [0.2, 0.25) is 0 Å². The molecule has 0 aliphatic heterocycles. The molecule has 0 amide bonds. The molecule has 0 spiro atoms. The predicted molar refractivity (Wildman–Crippen MR) is 85.4 cm³/mol. The van der Waals surface area contributed by atoms with E-state index in [9.17, 15) is 0 Å². The molecule has 0 fully saturated rings. The second-order valence-electron chi connectivity index (χ2n) is 4.52. The SMILES string of the molecule is CC(C)NC(N)=NCc1cc2c(s1)CCC2.I. The molecule has 5 heteroatoms. The summed E-state index contributed by atoms with van der Waals surface area (Å²) in [5, 5.41) is 3.09. The first-order valence-corrected chi connectivity index (χ1v) is 6.63. The van der Waals surface area contributed by atoms with Gasteiger partial charge < -0.3 is 11.1 Å². The van der Waals surface area contributed by atoms with Crippen molar-refractivity contribution in [2.24, 2.45) is 10.7 Å². The minimum Gasteiger partial charge on any atom is -0.370 e. The number of aryl methyl sites for hydroxylation is 2. The lowest BCUT2D eigenvalue weighted by Crippen LogP contribution is -2.36. The summed E-state index contributed by atoms with van der Waals surface area (Å²) in [6.45, 7) is 4.83. The molecule has 96 valence electrons. The quantitative estimate of drug-likeness (QED) is 0.492. The summed E-state index contributed by atoms with van der Waals surface area (Å²) in [4.78, 5) is 7.23. The second-order valence-corrected chi connectivity index (χ2v) is 5.74. The van der Waals surface area contributed by atoms with E-state index in [2.05, 4.69) is 30.2 Å². The van der Waals surface area contributed by atoms with Crippen LogP contribution in [0.1, 0.15) is 35.6 Å². The number of nitrogens with two attached hydrogens (primary N) is 1. The molecule has 0 aromatic carbocycles.